The summed E-state index contributed by atoms with van der Waals surface area (Å²) in [6, 6.07) is 0. The van der Waals surface area contributed by atoms with Crippen molar-refractivity contribution in [1.29, 1.82) is 0 Å². The van der Waals surface area contributed by atoms with E-state index in [-0.39, 0.29) is 26.2 Å². The van der Waals surface area contributed by atoms with Crippen molar-refractivity contribution in [2.45, 2.75) is 13.8 Å². The van der Waals surface area contributed by atoms with E-state index in [1.165, 1.54) is 0 Å². The average Bonchev–Trinajstić information content (AvgIpc) is 1.27. The third kappa shape index (κ3) is 704. The maximum Gasteiger partial charge on any atom is 0.394 e. The monoisotopic (exact) mass is 231 g/mol. The van der Waals surface area contributed by atoms with Gasteiger partial charge in [0.15, 0.2) is 0 Å². The molecule has 0 amide bonds. The molecule has 0 aliphatic heterocycles. The molecule has 0 saturated carbocycles. The minimum absolute atomic E-state index is 0. The van der Waals surface area contributed by atoms with Crippen LogP contribution in [0.4, 0.5) is 0 Å². The fourth-order valence-electron chi connectivity index (χ4n) is 0. The first-order valence-corrected chi connectivity index (χ1v) is 3.25. The summed E-state index contributed by atoms with van der Waals surface area (Å²) in [6.07, 6.45) is 2.00. The van der Waals surface area contributed by atoms with E-state index in [4.69, 9.17) is 17.5 Å². The molecule has 0 radical (unpaired) electrons. The average molecular weight is 232 g/mol. The Labute approximate surface area is 74.4 Å². The van der Waals surface area contributed by atoms with E-state index in [1.54, 1.807) is 0 Å². The molecule has 0 fully saturated rings. The molecule has 0 unspecified atom stereocenters. The molecule has 6 heteroatoms. The van der Waals surface area contributed by atoms with E-state index in [0.29, 0.717) is 0 Å². The molecule has 0 spiro atoms. The molecule has 2 N–H and O–H groups in total. The first kappa shape index (κ1) is 16.4. The Morgan fingerprint density at radius 2 is 1.22 bits per heavy atom. The van der Waals surface area contributed by atoms with Crippen LogP contribution >= 0.6 is 0 Å². The SMILES string of the molecule is C[CH-]C.O=S(=O)(O)O.[Zr]. The van der Waals surface area contributed by atoms with Gasteiger partial charge in [-0.3, -0.25) is 9.11 Å². The second kappa shape index (κ2) is 8.75. The Balaban J connectivity index is -0.0000000800. The maximum absolute atomic E-state index is 8.74. The van der Waals surface area contributed by atoms with Crippen molar-refractivity contribution < 1.29 is 43.7 Å². The van der Waals surface area contributed by atoms with Crippen LogP contribution in [0, 0.1) is 6.42 Å². The quantitative estimate of drug-likeness (QED) is 0.473. The van der Waals surface area contributed by atoms with Gasteiger partial charge in [0.1, 0.15) is 0 Å². The minimum Gasteiger partial charge on any atom is -0.335 e. The topological polar surface area (TPSA) is 74.6 Å². The summed E-state index contributed by atoms with van der Waals surface area (Å²) in [5.41, 5.74) is 0. The van der Waals surface area contributed by atoms with Gasteiger partial charge in [-0.15, -0.1) is 0 Å². The van der Waals surface area contributed by atoms with Crippen molar-refractivity contribution in [3.63, 3.8) is 0 Å². The summed E-state index contributed by atoms with van der Waals surface area (Å²) >= 11 is 0. The first-order chi connectivity index (χ1) is 3.41. The zero-order chi connectivity index (χ0) is 7.21. The Hall–Kier alpha value is 0.753. The smallest absolute Gasteiger partial charge is 0.335 e. The Bertz CT molecular complexity index is 110. The third-order valence-electron chi connectivity index (χ3n) is 0. The van der Waals surface area contributed by atoms with Gasteiger partial charge in [0.25, 0.3) is 0 Å². The molecule has 9 heavy (non-hydrogen) atoms. The van der Waals surface area contributed by atoms with Gasteiger partial charge in [-0.25, -0.2) is 0 Å². The van der Waals surface area contributed by atoms with E-state index >= 15 is 0 Å². The van der Waals surface area contributed by atoms with Crippen molar-refractivity contribution in [1.82, 2.24) is 0 Å². The number of rotatable bonds is 0. The second-order valence-electron chi connectivity index (χ2n) is 1.03. The molecule has 0 heterocycles. The Morgan fingerprint density at radius 3 is 1.22 bits per heavy atom. The summed E-state index contributed by atoms with van der Waals surface area (Å²) < 4.78 is 31.6. The summed E-state index contributed by atoms with van der Waals surface area (Å²) in [5.74, 6) is 0. The molecule has 0 saturated heterocycles. The van der Waals surface area contributed by atoms with Crippen LogP contribution in [-0.4, -0.2) is 17.5 Å². The van der Waals surface area contributed by atoms with Gasteiger partial charge in [-0.05, 0) is 0 Å². The van der Waals surface area contributed by atoms with Gasteiger partial charge in [0, 0.05) is 26.2 Å². The molecular formula is C3H9O4SZr-. The van der Waals surface area contributed by atoms with E-state index in [9.17, 15) is 0 Å². The van der Waals surface area contributed by atoms with Crippen LogP contribution in [0.25, 0.3) is 0 Å². The zero-order valence-electron chi connectivity index (χ0n) is 5.20. The fourth-order valence-corrected chi connectivity index (χ4v) is 0. The van der Waals surface area contributed by atoms with Gasteiger partial charge in [0.05, 0.1) is 0 Å². The molecule has 0 atom stereocenters. The van der Waals surface area contributed by atoms with Crippen molar-refractivity contribution in [2.75, 3.05) is 0 Å². The molecule has 0 aromatic heterocycles. The van der Waals surface area contributed by atoms with Crippen LogP contribution in [0.3, 0.4) is 0 Å². The van der Waals surface area contributed by atoms with Crippen LogP contribution in [-0.2, 0) is 36.6 Å². The number of hydrogen-bond acceptors (Lipinski definition) is 2. The van der Waals surface area contributed by atoms with Gasteiger partial charge < -0.3 is 6.42 Å². The molecule has 4 nitrogen and oxygen atoms in total. The molecule has 0 bridgehead atoms. The standard InChI is InChI=1S/C3H7.H2O4S.Zr/c1-3-2;1-5(2,3)4;/h3H,1-2H3;(H2,1,2,3,4);/q-1;;. The van der Waals surface area contributed by atoms with E-state index in [1.807, 2.05) is 20.3 Å². The third-order valence-corrected chi connectivity index (χ3v) is 0. The Morgan fingerprint density at radius 1 is 1.22 bits per heavy atom. The van der Waals surface area contributed by atoms with Crippen LogP contribution < -0.4 is 0 Å². The predicted octanol–water partition coefficient (Wildman–Crippen LogP) is 0.575. The van der Waals surface area contributed by atoms with Crippen molar-refractivity contribution >= 4 is 10.4 Å². The molecule has 0 aromatic rings. The molecule has 56 valence electrons. The van der Waals surface area contributed by atoms with Crippen LogP contribution in [0.2, 0.25) is 0 Å². The molecule has 0 aliphatic carbocycles. The van der Waals surface area contributed by atoms with Crippen molar-refractivity contribution in [2.24, 2.45) is 0 Å². The van der Waals surface area contributed by atoms with Crippen LogP contribution in [0.15, 0.2) is 0 Å². The zero-order valence-corrected chi connectivity index (χ0v) is 8.47. The van der Waals surface area contributed by atoms with Gasteiger partial charge >= 0.3 is 10.4 Å². The van der Waals surface area contributed by atoms with E-state index in [2.05, 4.69) is 0 Å². The van der Waals surface area contributed by atoms with Crippen LogP contribution in [0.5, 0.6) is 0 Å². The minimum atomic E-state index is -4.67. The first-order valence-electron chi connectivity index (χ1n) is 1.85. The van der Waals surface area contributed by atoms with Crippen molar-refractivity contribution in [3.8, 4) is 0 Å². The molecule has 0 rings (SSSR count). The number of hydrogen-bond donors (Lipinski definition) is 2. The van der Waals surface area contributed by atoms with Gasteiger partial charge in [0.2, 0.25) is 0 Å². The van der Waals surface area contributed by atoms with Gasteiger partial charge in [-0.1, -0.05) is 0 Å². The van der Waals surface area contributed by atoms with E-state index < -0.39 is 10.4 Å². The van der Waals surface area contributed by atoms with Crippen LogP contribution in [0.1, 0.15) is 13.8 Å². The largest absolute Gasteiger partial charge is 0.394 e. The summed E-state index contributed by atoms with van der Waals surface area (Å²) in [7, 11) is -4.67. The van der Waals surface area contributed by atoms with E-state index in [0.717, 1.165) is 0 Å². The maximum atomic E-state index is 8.74. The van der Waals surface area contributed by atoms with Gasteiger partial charge in [-0.2, -0.15) is 22.3 Å². The predicted molar refractivity (Wildman–Crippen MR) is 29.8 cm³/mol. The Kier molecular flexibility index (Phi) is 15.9. The second-order valence-corrected chi connectivity index (χ2v) is 1.92. The van der Waals surface area contributed by atoms with Crippen molar-refractivity contribution in [3.05, 3.63) is 6.42 Å². The summed E-state index contributed by atoms with van der Waals surface area (Å²) in [4.78, 5) is 0. The normalized spacial score (nSPS) is 8.44. The molecular weight excluding hydrogens is 223 g/mol. The summed E-state index contributed by atoms with van der Waals surface area (Å²) in [6.45, 7) is 4.00. The summed E-state index contributed by atoms with van der Waals surface area (Å²) in [5, 5.41) is 0. The fraction of sp³-hybridized carbons (Fsp3) is 0.667. The molecule has 0 aliphatic rings. The molecule has 0 aromatic carbocycles.